The maximum absolute atomic E-state index is 10.4. The first kappa shape index (κ1) is 15.2. The van der Waals surface area contributed by atoms with Gasteiger partial charge in [0.2, 0.25) is 0 Å². The third-order valence-electron chi connectivity index (χ3n) is 1.09. The number of hydrogen-bond acceptors (Lipinski definition) is 3. The quantitative estimate of drug-likeness (QED) is 0.559. The number of carbonyl (C=O) groups is 2. The summed E-state index contributed by atoms with van der Waals surface area (Å²) in [4.78, 5) is 20.0. The van der Waals surface area contributed by atoms with Crippen LogP contribution in [0.5, 0.6) is 0 Å². The van der Waals surface area contributed by atoms with Crippen molar-refractivity contribution in [2.75, 3.05) is 6.61 Å². The Morgan fingerprint density at radius 2 is 1.86 bits per heavy atom. The van der Waals surface area contributed by atoms with Crippen molar-refractivity contribution in [3.63, 3.8) is 0 Å². The molecule has 0 amide bonds. The predicted octanol–water partition coefficient (Wildman–Crippen LogP) is 2.00. The van der Waals surface area contributed by atoms with Crippen LogP contribution in [0.4, 0.5) is 0 Å². The second-order valence-electron chi connectivity index (χ2n) is 2.64. The summed E-state index contributed by atoms with van der Waals surface area (Å²) in [6.07, 6.45) is 1.02. The third-order valence-corrected chi connectivity index (χ3v) is 1.09. The van der Waals surface area contributed by atoms with E-state index in [1.54, 1.807) is 13.8 Å². The normalized spacial score (nSPS) is 8.21. The number of esters is 1. The summed E-state index contributed by atoms with van der Waals surface area (Å²) in [7, 11) is 0. The molecule has 0 aromatic carbocycles. The first-order valence-corrected chi connectivity index (χ1v) is 4.50. The van der Waals surface area contributed by atoms with Gasteiger partial charge in [0.15, 0.2) is 0 Å². The van der Waals surface area contributed by atoms with Gasteiger partial charge < -0.3 is 9.84 Å². The van der Waals surface area contributed by atoms with E-state index in [0.29, 0.717) is 18.6 Å². The fourth-order valence-electron chi connectivity index (χ4n) is 0.468. The van der Waals surface area contributed by atoms with Crippen molar-refractivity contribution < 1.29 is 19.4 Å². The van der Waals surface area contributed by atoms with E-state index in [-0.39, 0.29) is 5.97 Å². The summed E-state index contributed by atoms with van der Waals surface area (Å²) in [6.45, 7) is 9.05. The third kappa shape index (κ3) is 13.3. The van der Waals surface area contributed by atoms with Crippen LogP contribution in [0.2, 0.25) is 0 Å². The average Bonchev–Trinajstić information content (AvgIpc) is 2.05. The van der Waals surface area contributed by atoms with Crippen LogP contribution in [0.3, 0.4) is 0 Å². The van der Waals surface area contributed by atoms with Gasteiger partial charge in [-0.15, -0.1) is 0 Å². The van der Waals surface area contributed by atoms with Crippen LogP contribution in [0.25, 0.3) is 0 Å². The van der Waals surface area contributed by atoms with Crippen molar-refractivity contribution in [1.29, 1.82) is 0 Å². The number of aliphatic carboxylic acids is 1. The molecule has 0 aliphatic rings. The zero-order chi connectivity index (χ0) is 11.6. The lowest BCUT2D eigenvalue weighted by atomic mass is 10.4. The Balaban J connectivity index is 0. The van der Waals surface area contributed by atoms with E-state index in [1.807, 2.05) is 6.92 Å². The van der Waals surface area contributed by atoms with Gasteiger partial charge in [-0.2, -0.15) is 0 Å². The Labute approximate surface area is 84.6 Å². The molecule has 0 fully saturated rings. The topological polar surface area (TPSA) is 63.6 Å². The molecule has 0 heterocycles. The Bertz CT molecular complexity index is 196. The van der Waals surface area contributed by atoms with Gasteiger partial charge >= 0.3 is 11.9 Å². The van der Waals surface area contributed by atoms with Crippen molar-refractivity contribution in [1.82, 2.24) is 0 Å². The number of ether oxygens (including phenoxy) is 1. The van der Waals surface area contributed by atoms with Crippen molar-refractivity contribution >= 4 is 11.9 Å². The molecule has 4 heteroatoms. The van der Waals surface area contributed by atoms with E-state index in [2.05, 4.69) is 11.3 Å². The van der Waals surface area contributed by atoms with Crippen LogP contribution in [0, 0.1) is 0 Å². The molecule has 82 valence electrons. The molecule has 0 rings (SSSR count). The van der Waals surface area contributed by atoms with Gasteiger partial charge in [-0.25, -0.2) is 4.79 Å². The SMILES string of the molecule is C=C(C)C(=O)OCC.CCCC(=O)O. The van der Waals surface area contributed by atoms with E-state index in [4.69, 9.17) is 5.11 Å². The zero-order valence-corrected chi connectivity index (χ0v) is 9.00. The largest absolute Gasteiger partial charge is 0.481 e. The molecule has 1 N–H and O–H groups in total. The first-order valence-electron chi connectivity index (χ1n) is 4.50. The second kappa shape index (κ2) is 9.77. The van der Waals surface area contributed by atoms with Crippen LogP contribution in [0.1, 0.15) is 33.6 Å². The minimum atomic E-state index is -0.711. The zero-order valence-electron chi connectivity index (χ0n) is 9.00. The summed E-state index contributed by atoms with van der Waals surface area (Å²) < 4.78 is 4.56. The highest BCUT2D eigenvalue weighted by Gasteiger charge is 1.98. The number of carbonyl (C=O) groups excluding carboxylic acids is 1. The van der Waals surface area contributed by atoms with Gasteiger partial charge in [0.1, 0.15) is 0 Å². The summed E-state index contributed by atoms with van der Waals surface area (Å²) in [5.74, 6) is -1.02. The van der Waals surface area contributed by atoms with Crippen molar-refractivity contribution in [2.24, 2.45) is 0 Å². The molecule has 14 heavy (non-hydrogen) atoms. The molecule has 0 aliphatic carbocycles. The van der Waals surface area contributed by atoms with Crippen molar-refractivity contribution in [2.45, 2.75) is 33.6 Å². The van der Waals surface area contributed by atoms with Gasteiger partial charge in [-0.1, -0.05) is 13.5 Å². The maximum atomic E-state index is 10.4. The minimum Gasteiger partial charge on any atom is -0.481 e. The van der Waals surface area contributed by atoms with Crippen molar-refractivity contribution in [3.05, 3.63) is 12.2 Å². The predicted molar refractivity (Wildman–Crippen MR) is 54.0 cm³/mol. The molecule has 0 spiro atoms. The lowest BCUT2D eigenvalue weighted by Crippen LogP contribution is -2.03. The first-order chi connectivity index (χ1) is 6.45. The highest BCUT2D eigenvalue weighted by molar-refractivity contribution is 5.86. The van der Waals surface area contributed by atoms with Crippen LogP contribution in [0.15, 0.2) is 12.2 Å². The number of hydrogen-bond donors (Lipinski definition) is 1. The molecule has 4 nitrogen and oxygen atoms in total. The summed E-state index contributed by atoms with van der Waals surface area (Å²) >= 11 is 0. The highest BCUT2D eigenvalue weighted by atomic mass is 16.5. The molecule has 0 radical (unpaired) electrons. The van der Waals surface area contributed by atoms with E-state index in [9.17, 15) is 9.59 Å². The Kier molecular flexibility index (Phi) is 10.6. The lowest BCUT2D eigenvalue weighted by molar-refractivity contribution is -0.138. The minimum absolute atomic E-state index is 0.292. The van der Waals surface area contributed by atoms with Gasteiger partial charge in [0.05, 0.1) is 6.61 Å². The maximum Gasteiger partial charge on any atom is 0.333 e. The number of rotatable bonds is 4. The molecular weight excluding hydrogens is 184 g/mol. The number of carboxylic acids is 1. The van der Waals surface area contributed by atoms with Crippen LogP contribution in [-0.4, -0.2) is 23.7 Å². The molecule has 0 aromatic heterocycles. The smallest absolute Gasteiger partial charge is 0.333 e. The lowest BCUT2D eigenvalue weighted by Gasteiger charge is -1.96. The van der Waals surface area contributed by atoms with Gasteiger partial charge in [0, 0.05) is 12.0 Å². The Morgan fingerprint density at radius 3 is 1.93 bits per heavy atom. The molecule has 0 unspecified atom stereocenters. The summed E-state index contributed by atoms with van der Waals surface area (Å²) in [5, 5.41) is 7.91. The van der Waals surface area contributed by atoms with Crippen LogP contribution < -0.4 is 0 Å². The summed E-state index contributed by atoms with van der Waals surface area (Å²) in [6, 6.07) is 0. The van der Waals surface area contributed by atoms with Crippen LogP contribution in [-0.2, 0) is 14.3 Å². The van der Waals surface area contributed by atoms with E-state index >= 15 is 0 Å². The molecule has 0 atom stereocenters. The fraction of sp³-hybridized carbons (Fsp3) is 0.600. The van der Waals surface area contributed by atoms with Gasteiger partial charge in [-0.3, -0.25) is 4.79 Å². The molecule has 0 aromatic rings. The highest BCUT2D eigenvalue weighted by Crippen LogP contribution is 1.89. The number of carboxylic acid groups (broad SMARTS) is 1. The second-order valence-corrected chi connectivity index (χ2v) is 2.64. The van der Waals surface area contributed by atoms with Gasteiger partial charge in [0.25, 0.3) is 0 Å². The Morgan fingerprint density at radius 1 is 1.36 bits per heavy atom. The molecule has 0 aliphatic heterocycles. The molecule has 0 saturated carbocycles. The molecule has 0 saturated heterocycles. The van der Waals surface area contributed by atoms with E-state index in [1.165, 1.54) is 0 Å². The average molecular weight is 202 g/mol. The van der Waals surface area contributed by atoms with Crippen LogP contribution >= 0.6 is 0 Å². The monoisotopic (exact) mass is 202 g/mol. The summed E-state index contributed by atoms with van der Waals surface area (Å²) in [5.41, 5.74) is 0.451. The van der Waals surface area contributed by atoms with Gasteiger partial charge in [-0.05, 0) is 20.3 Å². The van der Waals surface area contributed by atoms with Crippen molar-refractivity contribution in [3.8, 4) is 0 Å². The molecule has 0 bridgehead atoms. The molecular formula is C10H18O4. The van der Waals surface area contributed by atoms with E-state index in [0.717, 1.165) is 6.42 Å². The fourth-order valence-corrected chi connectivity index (χ4v) is 0.468. The van der Waals surface area contributed by atoms with E-state index < -0.39 is 5.97 Å². The standard InChI is InChI=1S/C6H10O2.C4H8O2/c1-4-8-6(7)5(2)3;1-2-3-4(5)6/h2,4H2,1,3H3;2-3H2,1H3,(H,5,6). The Hall–Kier alpha value is -1.32.